The van der Waals surface area contributed by atoms with Crippen molar-refractivity contribution in [2.24, 2.45) is 4.99 Å². The topological polar surface area (TPSA) is 117 Å². The Morgan fingerprint density at radius 2 is 2.08 bits per heavy atom. The fourth-order valence-corrected chi connectivity index (χ4v) is 6.13. The fourth-order valence-electron chi connectivity index (χ4n) is 5.54. The van der Waals surface area contributed by atoms with E-state index in [1.807, 2.05) is 10.3 Å². The zero-order valence-corrected chi connectivity index (χ0v) is 23.5. The van der Waals surface area contributed by atoms with Crippen molar-refractivity contribution in [3.05, 3.63) is 63.0 Å². The highest BCUT2D eigenvalue weighted by molar-refractivity contribution is 7.11. The van der Waals surface area contributed by atoms with E-state index in [1.165, 1.54) is 24.5 Å². The van der Waals surface area contributed by atoms with Crippen molar-refractivity contribution in [1.82, 2.24) is 25.0 Å². The van der Waals surface area contributed by atoms with Crippen molar-refractivity contribution in [3.8, 4) is 0 Å². The standard InChI is InChI=1S/C27H31FN6O5S/c1-5-39-25(35)20-18(13-33-10-11-34-19(14-32(3)27(34)37)22(33)26(36)38-4)30-23(24-29-9-12-40-24)31-21(20)16-7-6-8-17(28)15(16)2/h6-9,12,19,21-22H,5,10-11,13-14H2,1-4H3,(H,30,31)/t19-,21-,22+/m0/s1. The van der Waals surface area contributed by atoms with E-state index in [1.54, 1.807) is 49.0 Å². The second-order valence-electron chi connectivity index (χ2n) is 9.77. The van der Waals surface area contributed by atoms with Crippen molar-refractivity contribution in [3.63, 3.8) is 0 Å². The Morgan fingerprint density at radius 3 is 2.77 bits per heavy atom. The molecule has 5 rings (SSSR count). The molecule has 1 N–H and O–H groups in total. The van der Waals surface area contributed by atoms with Gasteiger partial charge >= 0.3 is 18.0 Å². The number of amidine groups is 1. The molecule has 3 atom stereocenters. The molecule has 0 aliphatic carbocycles. The number of esters is 2. The molecule has 3 aliphatic rings. The summed E-state index contributed by atoms with van der Waals surface area (Å²) in [6.07, 6.45) is 1.65. The first-order valence-electron chi connectivity index (χ1n) is 13.0. The largest absolute Gasteiger partial charge is 0.468 e. The van der Waals surface area contributed by atoms with E-state index in [4.69, 9.17) is 14.5 Å². The number of hydrogen-bond acceptors (Lipinski definition) is 10. The summed E-state index contributed by atoms with van der Waals surface area (Å²) >= 11 is 1.37. The van der Waals surface area contributed by atoms with Crippen LogP contribution in [-0.4, -0.2) is 103 Å². The van der Waals surface area contributed by atoms with Crippen molar-refractivity contribution in [2.75, 3.05) is 46.9 Å². The van der Waals surface area contributed by atoms with Gasteiger partial charge in [-0.15, -0.1) is 11.3 Å². The van der Waals surface area contributed by atoms with Crippen molar-refractivity contribution in [1.29, 1.82) is 0 Å². The Hall–Kier alpha value is -3.84. The average molecular weight is 571 g/mol. The molecule has 2 amide bonds. The maximum atomic E-state index is 14.7. The van der Waals surface area contributed by atoms with Crippen LogP contribution in [0.25, 0.3) is 0 Å². The number of ether oxygens (including phenoxy) is 2. The Kier molecular flexibility index (Phi) is 7.86. The number of amides is 2. The van der Waals surface area contributed by atoms with Gasteiger partial charge in [0.1, 0.15) is 17.9 Å². The number of likely N-dealkylation sites (N-methyl/N-ethyl adjacent to an activating group) is 1. The molecule has 1 aromatic carbocycles. The van der Waals surface area contributed by atoms with E-state index in [9.17, 15) is 18.8 Å². The van der Waals surface area contributed by atoms with Gasteiger partial charge in [0.2, 0.25) is 0 Å². The Balaban J connectivity index is 1.61. The minimum absolute atomic E-state index is 0.130. The van der Waals surface area contributed by atoms with Crippen LogP contribution < -0.4 is 5.32 Å². The maximum Gasteiger partial charge on any atom is 0.338 e. The fraction of sp³-hybridized carbons (Fsp3) is 0.444. The molecule has 2 fully saturated rings. The number of halogens is 1. The number of fused-ring (bicyclic) bond motifs is 1. The molecular formula is C27H31FN6O5S. The van der Waals surface area contributed by atoms with Gasteiger partial charge in [-0.25, -0.2) is 19.0 Å². The van der Waals surface area contributed by atoms with Crippen molar-refractivity contribution >= 4 is 35.1 Å². The van der Waals surface area contributed by atoms with Crippen LogP contribution in [0.3, 0.4) is 0 Å². The van der Waals surface area contributed by atoms with Gasteiger partial charge in [-0.05, 0) is 31.0 Å². The molecule has 4 heterocycles. The molecule has 13 heteroatoms. The number of benzene rings is 1. The highest BCUT2D eigenvalue weighted by Gasteiger charge is 2.49. The first-order valence-corrected chi connectivity index (χ1v) is 13.9. The van der Waals surface area contributed by atoms with Crippen LogP contribution >= 0.6 is 11.3 Å². The summed E-state index contributed by atoms with van der Waals surface area (Å²) in [5.74, 6) is -1.05. The summed E-state index contributed by atoms with van der Waals surface area (Å²) in [5, 5.41) is 5.69. The van der Waals surface area contributed by atoms with Gasteiger partial charge in [0.05, 0.1) is 25.3 Å². The second kappa shape index (κ2) is 11.3. The lowest BCUT2D eigenvalue weighted by molar-refractivity contribution is -0.150. The number of methoxy groups -OCH3 is 1. The predicted octanol–water partition coefficient (Wildman–Crippen LogP) is 2.09. The summed E-state index contributed by atoms with van der Waals surface area (Å²) < 4.78 is 25.3. The lowest BCUT2D eigenvalue weighted by Gasteiger charge is -2.43. The maximum absolute atomic E-state index is 14.7. The molecule has 0 bridgehead atoms. The molecule has 40 heavy (non-hydrogen) atoms. The number of piperazine rings is 1. The summed E-state index contributed by atoms with van der Waals surface area (Å²) in [6, 6.07) is 2.50. The highest BCUT2D eigenvalue weighted by Crippen LogP contribution is 2.36. The van der Waals surface area contributed by atoms with Crippen LogP contribution in [0, 0.1) is 12.7 Å². The molecule has 0 spiro atoms. The monoisotopic (exact) mass is 570 g/mol. The van der Waals surface area contributed by atoms with E-state index in [0.717, 1.165) is 0 Å². The van der Waals surface area contributed by atoms with Crippen LogP contribution in [0.1, 0.15) is 29.1 Å². The van der Waals surface area contributed by atoms with Crippen LogP contribution in [0.2, 0.25) is 0 Å². The molecule has 0 unspecified atom stereocenters. The lowest BCUT2D eigenvalue weighted by atomic mass is 9.91. The van der Waals surface area contributed by atoms with Gasteiger partial charge in [-0.1, -0.05) is 12.1 Å². The third kappa shape index (κ3) is 4.94. The van der Waals surface area contributed by atoms with Gasteiger partial charge in [0, 0.05) is 50.5 Å². The first-order chi connectivity index (χ1) is 19.2. The number of aromatic nitrogens is 1. The highest BCUT2D eigenvalue weighted by atomic mass is 32.1. The Labute approximate surface area is 235 Å². The lowest BCUT2D eigenvalue weighted by Crippen LogP contribution is -2.62. The summed E-state index contributed by atoms with van der Waals surface area (Å²) in [6.45, 7) is 4.75. The molecule has 3 aliphatic heterocycles. The zero-order valence-electron chi connectivity index (χ0n) is 22.7. The normalized spacial score (nSPS) is 23.1. The third-order valence-electron chi connectivity index (χ3n) is 7.48. The zero-order chi connectivity index (χ0) is 28.6. The number of aliphatic imine (C=N–C) groups is 1. The van der Waals surface area contributed by atoms with Gasteiger partial charge in [-0.3, -0.25) is 14.7 Å². The quantitative estimate of drug-likeness (QED) is 0.503. The van der Waals surface area contributed by atoms with Crippen LogP contribution in [0.5, 0.6) is 0 Å². The van der Waals surface area contributed by atoms with Gasteiger partial charge < -0.3 is 24.6 Å². The van der Waals surface area contributed by atoms with Crippen molar-refractivity contribution in [2.45, 2.75) is 32.0 Å². The molecule has 0 radical (unpaired) electrons. The Bertz CT molecular complexity index is 1380. The van der Waals surface area contributed by atoms with E-state index >= 15 is 0 Å². The van der Waals surface area contributed by atoms with Crippen LogP contribution in [0.15, 0.2) is 46.0 Å². The van der Waals surface area contributed by atoms with Crippen LogP contribution in [0.4, 0.5) is 9.18 Å². The number of nitrogens with zero attached hydrogens (tertiary/aromatic N) is 5. The second-order valence-corrected chi connectivity index (χ2v) is 10.7. The number of rotatable bonds is 7. The van der Waals surface area contributed by atoms with Gasteiger partial charge in [0.25, 0.3) is 0 Å². The molecule has 1 aromatic heterocycles. The smallest absolute Gasteiger partial charge is 0.338 e. The van der Waals surface area contributed by atoms with E-state index in [0.29, 0.717) is 47.3 Å². The number of hydrogen-bond donors (Lipinski definition) is 1. The third-order valence-corrected chi connectivity index (χ3v) is 8.26. The molecule has 2 aromatic rings. The van der Waals surface area contributed by atoms with E-state index in [2.05, 4.69) is 10.3 Å². The number of thiazole rings is 1. The summed E-state index contributed by atoms with van der Waals surface area (Å²) in [5.41, 5.74) is 1.58. The van der Waals surface area contributed by atoms with Crippen LogP contribution in [-0.2, 0) is 19.1 Å². The molecule has 2 saturated heterocycles. The first kappa shape index (κ1) is 27.7. The SMILES string of the molecule is CCOC(=O)C1=C(CN2CCN3C(=O)N(C)C[C@H]3[C@@H]2C(=O)OC)NC(c2nccs2)=N[C@H]1c1cccc(F)c1C. The molecule has 212 valence electrons. The molecule has 0 saturated carbocycles. The number of carbonyl (C=O) groups is 3. The minimum Gasteiger partial charge on any atom is -0.468 e. The molecule has 11 nitrogen and oxygen atoms in total. The van der Waals surface area contributed by atoms with E-state index < -0.39 is 35.9 Å². The number of carbonyl (C=O) groups excluding carboxylic acids is 3. The Morgan fingerprint density at radius 1 is 1.27 bits per heavy atom. The summed E-state index contributed by atoms with van der Waals surface area (Å²) in [7, 11) is 3.02. The number of nitrogens with one attached hydrogen (secondary N) is 1. The minimum atomic E-state index is -0.873. The number of urea groups is 1. The summed E-state index contributed by atoms with van der Waals surface area (Å²) in [4.78, 5) is 53.7. The molecular weight excluding hydrogens is 539 g/mol. The van der Waals surface area contributed by atoms with Crippen molar-refractivity contribution < 1.29 is 28.2 Å². The average Bonchev–Trinajstić information content (AvgIpc) is 3.58. The van der Waals surface area contributed by atoms with E-state index in [-0.39, 0.29) is 24.8 Å². The van der Waals surface area contributed by atoms with Gasteiger partial charge in [0.15, 0.2) is 10.8 Å². The predicted molar refractivity (Wildman–Crippen MR) is 145 cm³/mol. The van der Waals surface area contributed by atoms with Gasteiger partial charge in [-0.2, -0.15) is 0 Å².